The Hall–Kier alpha value is -1.34. The fraction of sp³-hybridized carbons (Fsp3) is 0.250. The molecule has 0 aromatic heterocycles. The predicted molar refractivity (Wildman–Crippen MR) is 104 cm³/mol. The lowest BCUT2D eigenvalue weighted by molar-refractivity contribution is 0.0971. The summed E-state index contributed by atoms with van der Waals surface area (Å²) >= 11 is 16.3. The largest absolute Gasteiger partial charge is 0.445 e. The summed E-state index contributed by atoms with van der Waals surface area (Å²) in [5, 5.41) is 3.65. The third kappa shape index (κ3) is 6.96. The number of carbonyl (C=O) groups is 2. The molecule has 0 radical (unpaired) electrons. The standard InChI is InChI=1S/C16H15Cl3NO6P/c17-16(18,19)9-26-15(22)20-14(27(23,24)25)8-13(21)12-6-5-10-3-1-2-4-11(10)7-12/h1-7,14H,8-9H2,(H,20,22)(H2,23,24,25). The number of hydrogen-bond donors (Lipinski definition) is 3. The monoisotopic (exact) mass is 453 g/mol. The third-order valence-electron chi connectivity index (χ3n) is 3.51. The molecule has 0 aliphatic carbocycles. The lowest BCUT2D eigenvalue weighted by Crippen LogP contribution is -2.38. The third-order valence-corrected chi connectivity index (χ3v) is 4.96. The summed E-state index contributed by atoms with van der Waals surface area (Å²) in [4.78, 5) is 43.0. The first-order valence-corrected chi connectivity index (χ1v) is 10.3. The molecule has 1 atom stereocenters. The van der Waals surface area contributed by atoms with Crippen molar-refractivity contribution in [3.63, 3.8) is 0 Å². The predicted octanol–water partition coefficient (Wildman–Crippen LogP) is 4.01. The number of halogens is 3. The highest BCUT2D eigenvalue weighted by atomic mass is 35.6. The van der Waals surface area contributed by atoms with Gasteiger partial charge in [0.15, 0.2) is 5.78 Å². The first kappa shape index (κ1) is 22.0. The number of alkyl halides is 3. The number of rotatable bonds is 6. The van der Waals surface area contributed by atoms with E-state index in [0.29, 0.717) is 0 Å². The molecule has 1 unspecified atom stereocenters. The Morgan fingerprint density at radius 1 is 1.11 bits per heavy atom. The van der Waals surface area contributed by atoms with Crippen molar-refractivity contribution in [2.24, 2.45) is 0 Å². The summed E-state index contributed by atoms with van der Waals surface area (Å²) < 4.78 is 14.3. The molecule has 3 N–H and O–H groups in total. The molecule has 146 valence electrons. The molecule has 0 aliphatic heterocycles. The number of benzene rings is 2. The normalized spacial score (nSPS) is 13.2. The van der Waals surface area contributed by atoms with Gasteiger partial charge in [0, 0.05) is 12.0 Å². The number of ketones is 1. The van der Waals surface area contributed by atoms with Crippen molar-refractivity contribution in [3.05, 3.63) is 48.0 Å². The van der Waals surface area contributed by atoms with E-state index in [9.17, 15) is 23.9 Å². The number of fused-ring (bicyclic) bond motifs is 1. The number of Topliss-reactive ketones (excluding diaryl/α,β-unsaturated/α-hetero) is 1. The van der Waals surface area contributed by atoms with E-state index in [1.54, 1.807) is 30.3 Å². The van der Waals surface area contributed by atoms with Crippen molar-refractivity contribution < 1.29 is 28.7 Å². The van der Waals surface area contributed by atoms with Gasteiger partial charge in [-0.25, -0.2) is 4.79 Å². The average Bonchev–Trinajstić information content (AvgIpc) is 2.57. The van der Waals surface area contributed by atoms with E-state index in [1.807, 2.05) is 17.4 Å². The minimum atomic E-state index is -4.85. The van der Waals surface area contributed by atoms with E-state index in [0.717, 1.165) is 10.8 Å². The van der Waals surface area contributed by atoms with E-state index in [1.165, 1.54) is 0 Å². The summed E-state index contributed by atoms with van der Waals surface area (Å²) in [5.41, 5.74) is 0.253. The lowest BCUT2D eigenvalue weighted by atomic mass is 10.0. The minimum absolute atomic E-state index is 0.253. The van der Waals surface area contributed by atoms with Crippen LogP contribution in [0.25, 0.3) is 10.8 Å². The van der Waals surface area contributed by atoms with Crippen molar-refractivity contribution >= 4 is 65.0 Å². The second-order valence-electron chi connectivity index (χ2n) is 5.63. The Kier molecular flexibility index (Phi) is 7.14. The van der Waals surface area contributed by atoms with Crippen LogP contribution in [-0.2, 0) is 9.30 Å². The van der Waals surface area contributed by atoms with Crippen molar-refractivity contribution in [3.8, 4) is 0 Å². The van der Waals surface area contributed by atoms with Crippen LogP contribution in [-0.4, -0.2) is 37.8 Å². The SMILES string of the molecule is O=C(NC(CC(=O)c1ccc2ccccc2c1)P(=O)(O)O)OCC(Cl)(Cl)Cl. The quantitative estimate of drug-likeness (QED) is 0.345. The van der Waals surface area contributed by atoms with Crippen molar-refractivity contribution in [2.75, 3.05) is 6.61 Å². The van der Waals surface area contributed by atoms with Crippen LogP contribution in [0.4, 0.5) is 4.79 Å². The molecule has 2 aromatic carbocycles. The van der Waals surface area contributed by atoms with Crippen LogP contribution in [0.15, 0.2) is 42.5 Å². The fourth-order valence-corrected chi connectivity index (χ4v) is 3.08. The van der Waals surface area contributed by atoms with Gasteiger partial charge in [-0.1, -0.05) is 71.2 Å². The molecular weight excluding hydrogens is 440 g/mol. The summed E-state index contributed by atoms with van der Waals surface area (Å²) in [5.74, 6) is -2.34. The maximum Gasteiger partial charge on any atom is 0.408 e. The van der Waals surface area contributed by atoms with E-state index < -0.39 is 42.1 Å². The van der Waals surface area contributed by atoms with Crippen molar-refractivity contribution in [2.45, 2.75) is 16.0 Å². The number of alkyl carbamates (subject to hydrolysis) is 1. The van der Waals surface area contributed by atoms with Crippen LogP contribution in [0.3, 0.4) is 0 Å². The number of hydrogen-bond acceptors (Lipinski definition) is 4. The van der Waals surface area contributed by atoms with Crippen LogP contribution in [0.5, 0.6) is 0 Å². The molecule has 11 heteroatoms. The average molecular weight is 455 g/mol. The van der Waals surface area contributed by atoms with Crippen LogP contribution in [0.1, 0.15) is 16.8 Å². The maximum absolute atomic E-state index is 12.4. The summed E-state index contributed by atoms with van der Waals surface area (Å²) in [6.45, 7) is -0.629. The second kappa shape index (κ2) is 8.78. The number of nitrogens with one attached hydrogen (secondary N) is 1. The molecule has 27 heavy (non-hydrogen) atoms. The summed E-state index contributed by atoms with van der Waals surface area (Å²) in [6, 6.07) is 12.2. The summed E-state index contributed by atoms with van der Waals surface area (Å²) in [6.07, 6.45) is -1.85. The summed E-state index contributed by atoms with van der Waals surface area (Å²) in [7, 11) is -4.85. The van der Waals surface area contributed by atoms with Crippen LogP contribution >= 0.6 is 42.4 Å². The molecule has 0 heterocycles. The first-order chi connectivity index (χ1) is 12.5. The Morgan fingerprint density at radius 3 is 2.33 bits per heavy atom. The second-order valence-corrected chi connectivity index (χ2v) is 9.95. The molecule has 7 nitrogen and oxygen atoms in total. The highest BCUT2D eigenvalue weighted by Gasteiger charge is 2.34. The van der Waals surface area contributed by atoms with Crippen LogP contribution < -0.4 is 5.32 Å². The smallest absolute Gasteiger partial charge is 0.408 e. The molecule has 0 bridgehead atoms. The highest BCUT2D eigenvalue weighted by Crippen LogP contribution is 2.42. The van der Waals surface area contributed by atoms with Gasteiger partial charge in [-0.15, -0.1) is 0 Å². The van der Waals surface area contributed by atoms with E-state index in [2.05, 4.69) is 4.74 Å². The number of ether oxygens (including phenoxy) is 1. The van der Waals surface area contributed by atoms with Gasteiger partial charge in [-0.2, -0.15) is 0 Å². The zero-order chi connectivity index (χ0) is 20.2. The number of amides is 1. The molecule has 0 fully saturated rings. The Bertz CT molecular complexity index is 895. The van der Waals surface area contributed by atoms with Gasteiger partial charge >= 0.3 is 13.7 Å². The van der Waals surface area contributed by atoms with Gasteiger partial charge in [0.05, 0.1) is 0 Å². The molecular formula is C16H15Cl3NO6P. The van der Waals surface area contributed by atoms with E-state index >= 15 is 0 Å². The van der Waals surface area contributed by atoms with Crippen LogP contribution in [0.2, 0.25) is 0 Å². The zero-order valence-corrected chi connectivity index (χ0v) is 16.8. The van der Waals surface area contributed by atoms with E-state index in [-0.39, 0.29) is 5.56 Å². The van der Waals surface area contributed by atoms with Gasteiger partial charge < -0.3 is 19.8 Å². The zero-order valence-electron chi connectivity index (χ0n) is 13.6. The van der Waals surface area contributed by atoms with Crippen molar-refractivity contribution in [1.29, 1.82) is 0 Å². The van der Waals surface area contributed by atoms with Crippen molar-refractivity contribution in [1.82, 2.24) is 5.32 Å². The maximum atomic E-state index is 12.4. The van der Waals surface area contributed by atoms with Gasteiger partial charge in [0.2, 0.25) is 3.79 Å². The number of carbonyl (C=O) groups excluding carboxylic acids is 2. The highest BCUT2D eigenvalue weighted by molar-refractivity contribution is 7.52. The van der Waals surface area contributed by atoms with Gasteiger partial charge in [0.25, 0.3) is 0 Å². The topological polar surface area (TPSA) is 113 Å². The fourth-order valence-electron chi connectivity index (χ4n) is 2.24. The molecule has 0 aliphatic rings. The Morgan fingerprint density at radius 2 is 1.74 bits per heavy atom. The minimum Gasteiger partial charge on any atom is -0.445 e. The Labute approximate surface area is 169 Å². The van der Waals surface area contributed by atoms with Gasteiger partial charge in [0.1, 0.15) is 12.4 Å². The molecule has 0 saturated heterocycles. The van der Waals surface area contributed by atoms with Gasteiger partial charge in [-0.3, -0.25) is 9.36 Å². The molecule has 1 amide bonds. The Balaban J connectivity index is 2.11. The molecule has 2 aromatic rings. The van der Waals surface area contributed by atoms with Gasteiger partial charge in [-0.05, 0) is 16.8 Å². The van der Waals surface area contributed by atoms with Crippen LogP contribution in [0, 0.1) is 0 Å². The molecule has 2 rings (SSSR count). The molecule has 0 spiro atoms. The first-order valence-electron chi connectivity index (χ1n) is 7.53. The van der Waals surface area contributed by atoms with E-state index in [4.69, 9.17) is 34.8 Å². The lowest BCUT2D eigenvalue weighted by Gasteiger charge is -2.20. The molecule has 0 saturated carbocycles.